The van der Waals surface area contributed by atoms with E-state index in [1.807, 2.05) is 27.7 Å². The van der Waals surface area contributed by atoms with Gasteiger partial charge in [0.1, 0.15) is 9.84 Å². The van der Waals surface area contributed by atoms with Crippen molar-refractivity contribution in [3.63, 3.8) is 0 Å². The van der Waals surface area contributed by atoms with Crippen LogP contribution in [0.5, 0.6) is 0 Å². The third-order valence-electron chi connectivity index (χ3n) is 4.77. The lowest BCUT2D eigenvalue weighted by Gasteiger charge is -2.22. The van der Waals surface area contributed by atoms with E-state index in [4.69, 9.17) is 0 Å². The van der Waals surface area contributed by atoms with Gasteiger partial charge < -0.3 is 0 Å². The van der Waals surface area contributed by atoms with E-state index in [1.54, 1.807) is 62.4 Å². The summed E-state index contributed by atoms with van der Waals surface area (Å²) in [6.45, 7) is 21.0. The van der Waals surface area contributed by atoms with Gasteiger partial charge in [-0.15, -0.1) is 0 Å². The molecule has 0 amide bonds. The number of hydrogen-bond acceptors (Lipinski definition) is 8. The van der Waals surface area contributed by atoms with Crippen LogP contribution in [-0.2, 0) is 39.7 Å². The Morgan fingerprint density at radius 1 is 0.611 bits per heavy atom. The zero-order chi connectivity index (χ0) is 30.5. The Morgan fingerprint density at radius 2 is 0.944 bits per heavy atom. The molecule has 0 fully saturated rings. The number of sulfone groups is 2. The largest absolute Gasteiger partial charge is 0.229 e. The van der Waals surface area contributed by atoms with Gasteiger partial charge in [0.05, 0.1) is 26.8 Å². The minimum Gasteiger partial charge on any atom is -0.229 e. The minimum atomic E-state index is -3.04. The minimum absolute atomic E-state index is 0.0439. The molecule has 0 aromatic carbocycles. The van der Waals surface area contributed by atoms with E-state index < -0.39 is 39.7 Å². The van der Waals surface area contributed by atoms with Crippen molar-refractivity contribution in [2.24, 2.45) is 5.92 Å². The molecule has 0 aromatic rings. The van der Waals surface area contributed by atoms with E-state index in [-0.39, 0.29) is 33.0 Å². The SMILES string of the molecule is CC(C)CS(=O)(=O)C(C)C.CC(C)N(C)S(=O)(=O)C(C)C.CC(C)S(C)(=O)=O.CNS(=O)(=O)C(C)C. The van der Waals surface area contributed by atoms with Gasteiger partial charge in [-0.05, 0) is 82.2 Å². The third-order valence-corrected chi connectivity index (χ3v) is 13.3. The van der Waals surface area contributed by atoms with E-state index >= 15 is 0 Å². The summed E-state index contributed by atoms with van der Waals surface area (Å²) in [5.74, 6) is 0.553. The summed E-state index contributed by atoms with van der Waals surface area (Å²) in [6.07, 6.45) is 1.23. The van der Waals surface area contributed by atoms with Crippen LogP contribution in [0, 0.1) is 5.92 Å². The molecule has 0 aliphatic rings. The topological polar surface area (TPSA) is 152 Å². The van der Waals surface area contributed by atoms with E-state index in [2.05, 4.69) is 4.72 Å². The molecule has 0 rings (SSSR count). The molecule has 0 aliphatic carbocycles. The highest BCUT2D eigenvalue weighted by molar-refractivity contribution is 7.92. The normalized spacial score (nSPS) is 12.9. The molecule has 224 valence electrons. The first-order valence-corrected chi connectivity index (χ1v) is 18.6. The number of nitrogens with one attached hydrogen (secondary N) is 1. The summed E-state index contributed by atoms with van der Waals surface area (Å²) in [5.41, 5.74) is 0. The standard InChI is InChI=1S/C7H17NO2S.C7H16O2S.C4H11NO2S.C4H10O2S/c1-6(2)8(5)11(9,10)7(3)4;1-6(2)5-10(8,9)7(3)4;1-4(2)8(6,7)5-3;1-4(2)7(3,5)6/h6-7H,1-5H3;6-7H,5H2,1-4H3;4-5H,1-3H3;4H,1-3H3. The van der Waals surface area contributed by atoms with Crippen LogP contribution in [0.3, 0.4) is 0 Å². The fourth-order valence-corrected chi connectivity index (χ4v) is 4.56. The van der Waals surface area contributed by atoms with Gasteiger partial charge in [-0.3, -0.25) is 0 Å². The smallest absolute Gasteiger partial charge is 0.216 e. The first-order chi connectivity index (χ1) is 15.6. The van der Waals surface area contributed by atoms with Gasteiger partial charge in [-0.2, -0.15) is 0 Å². The summed E-state index contributed by atoms with van der Waals surface area (Å²) in [4.78, 5) is 0. The second-order valence-corrected chi connectivity index (χ2v) is 20.3. The summed E-state index contributed by atoms with van der Waals surface area (Å²) in [6, 6.07) is 0.0439. The van der Waals surface area contributed by atoms with Crippen molar-refractivity contribution >= 4 is 39.7 Å². The maximum Gasteiger partial charge on any atom is 0.216 e. The molecule has 0 aromatic heterocycles. The van der Waals surface area contributed by atoms with Gasteiger partial charge in [0.2, 0.25) is 20.0 Å². The number of rotatable bonds is 9. The van der Waals surface area contributed by atoms with Crippen LogP contribution in [0.1, 0.15) is 83.1 Å². The molecule has 0 atom stereocenters. The Morgan fingerprint density at radius 3 is 1.00 bits per heavy atom. The van der Waals surface area contributed by atoms with Crippen LogP contribution in [0.25, 0.3) is 0 Å². The highest BCUT2D eigenvalue weighted by atomic mass is 32.2. The van der Waals surface area contributed by atoms with Crippen molar-refractivity contribution in [2.75, 3.05) is 26.1 Å². The Hall–Kier alpha value is -0.280. The molecule has 0 spiro atoms. The van der Waals surface area contributed by atoms with Crippen LogP contribution < -0.4 is 4.72 Å². The molecule has 0 heterocycles. The first-order valence-electron chi connectivity index (χ1n) is 11.9. The van der Waals surface area contributed by atoms with E-state index in [1.165, 1.54) is 17.6 Å². The zero-order valence-electron chi connectivity index (χ0n) is 25.0. The molecule has 0 radical (unpaired) electrons. The molecule has 0 bridgehead atoms. The maximum absolute atomic E-state index is 11.4. The summed E-state index contributed by atoms with van der Waals surface area (Å²) in [5, 5.41) is -1.11. The van der Waals surface area contributed by atoms with Crippen molar-refractivity contribution < 1.29 is 33.7 Å². The fraction of sp³-hybridized carbons (Fsp3) is 1.00. The van der Waals surface area contributed by atoms with Crippen LogP contribution in [-0.4, -0.2) is 91.1 Å². The fourth-order valence-electron chi connectivity index (χ4n) is 1.52. The highest BCUT2D eigenvalue weighted by Crippen LogP contribution is 2.09. The van der Waals surface area contributed by atoms with Gasteiger partial charge >= 0.3 is 0 Å². The molecule has 1 N–H and O–H groups in total. The van der Waals surface area contributed by atoms with E-state index in [0.29, 0.717) is 5.75 Å². The van der Waals surface area contributed by atoms with E-state index in [9.17, 15) is 33.7 Å². The molecule has 36 heavy (non-hydrogen) atoms. The van der Waals surface area contributed by atoms with Crippen LogP contribution in [0.15, 0.2) is 0 Å². The van der Waals surface area contributed by atoms with Gasteiger partial charge in [-0.25, -0.2) is 42.7 Å². The van der Waals surface area contributed by atoms with Crippen LogP contribution in [0.4, 0.5) is 0 Å². The van der Waals surface area contributed by atoms with Gasteiger partial charge in [0.15, 0.2) is 9.84 Å². The second-order valence-electron chi connectivity index (χ2n) is 10.2. The Balaban J connectivity index is -0.000000192. The molecular weight excluding hydrogens is 549 g/mol. The summed E-state index contributed by atoms with van der Waals surface area (Å²) < 4.78 is 90.5. The average molecular weight is 603 g/mol. The van der Waals surface area contributed by atoms with Crippen LogP contribution in [0.2, 0.25) is 0 Å². The zero-order valence-corrected chi connectivity index (χ0v) is 28.3. The van der Waals surface area contributed by atoms with Gasteiger partial charge in [0.25, 0.3) is 0 Å². The molecule has 10 nitrogen and oxygen atoms in total. The lowest BCUT2D eigenvalue weighted by Crippen LogP contribution is -2.37. The Labute approximate surface area is 224 Å². The molecule has 0 saturated carbocycles. The maximum atomic E-state index is 11.4. The van der Waals surface area contributed by atoms with Crippen molar-refractivity contribution in [1.82, 2.24) is 9.03 Å². The number of sulfonamides is 2. The molecule has 0 saturated heterocycles. The predicted molar refractivity (Wildman–Crippen MR) is 154 cm³/mol. The summed E-state index contributed by atoms with van der Waals surface area (Å²) >= 11 is 0. The first kappa shape index (κ1) is 42.8. The molecule has 0 aliphatic heterocycles. The quantitative estimate of drug-likeness (QED) is 0.423. The van der Waals surface area contributed by atoms with Crippen molar-refractivity contribution in [3.8, 4) is 0 Å². The van der Waals surface area contributed by atoms with Gasteiger partial charge in [0, 0.05) is 19.3 Å². The Kier molecular flexibility index (Phi) is 21.5. The third kappa shape index (κ3) is 20.7. The Bertz CT molecular complexity index is 996. The van der Waals surface area contributed by atoms with Gasteiger partial charge in [-0.1, -0.05) is 13.8 Å². The van der Waals surface area contributed by atoms with Crippen molar-refractivity contribution in [2.45, 2.75) is 110 Å². The second kappa shape index (κ2) is 18.1. The lowest BCUT2D eigenvalue weighted by atomic mass is 10.3. The molecule has 0 unspecified atom stereocenters. The highest BCUT2D eigenvalue weighted by Gasteiger charge is 2.23. The number of nitrogens with zero attached hydrogens (tertiary/aromatic N) is 1. The lowest BCUT2D eigenvalue weighted by molar-refractivity contribution is 0.406. The van der Waals surface area contributed by atoms with Crippen LogP contribution >= 0.6 is 0 Å². The monoisotopic (exact) mass is 602 g/mol. The van der Waals surface area contributed by atoms with Crippen molar-refractivity contribution in [1.29, 1.82) is 0 Å². The van der Waals surface area contributed by atoms with Crippen molar-refractivity contribution in [3.05, 3.63) is 0 Å². The average Bonchev–Trinajstić information content (AvgIpc) is 2.66. The van der Waals surface area contributed by atoms with E-state index in [0.717, 1.165) is 0 Å². The molecular formula is C22H54N2O8S4. The number of hydrogen-bond donors (Lipinski definition) is 1. The summed E-state index contributed by atoms with van der Waals surface area (Å²) in [7, 11) is -8.54. The molecule has 14 heteroatoms. The predicted octanol–water partition coefficient (Wildman–Crippen LogP) is 2.91.